The van der Waals surface area contributed by atoms with Crippen molar-refractivity contribution in [2.24, 2.45) is 0 Å². The van der Waals surface area contributed by atoms with Gasteiger partial charge in [-0.2, -0.15) is 0 Å². The lowest BCUT2D eigenvalue weighted by Gasteiger charge is -2.12. The molecule has 2 rings (SSSR count). The van der Waals surface area contributed by atoms with Gasteiger partial charge in [0, 0.05) is 18.1 Å². The minimum Gasteiger partial charge on any atom is -0.388 e. The number of aryl methyl sites for hydroxylation is 1. The van der Waals surface area contributed by atoms with Gasteiger partial charge in [0.2, 0.25) is 0 Å². The van der Waals surface area contributed by atoms with Crippen molar-refractivity contribution in [3.8, 4) is 0 Å². The number of rotatable bonds is 4. The van der Waals surface area contributed by atoms with Gasteiger partial charge < -0.3 is 5.11 Å². The standard InChI is InChI=1S/C16H16F2O/c1-2-11-3-5-12(6-4-11)9-16(19)14-8-7-13(17)10-15(14)18/h3-8,10,16,19H,2,9H2,1H3. The van der Waals surface area contributed by atoms with Crippen LogP contribution in [0, 0.1) is 11.6 Å². The Labute approximate surface area is 111 Å². The molecule has 0 aliphatic carbocycles. The number of aliphatic hydroxyl groups excluding tert-OH is 1. The molecule has 0 fully saturated rings. The molecule has 2 aromatic carbocycles. The minimum atomic E-state index is -0.965. The third-order valence-electron chi connectivity index (χ3n) is 3.18. The summed E-state index contributed by atoms with van der Waals surface area (Å²) in [5, 5.41) is 10.0. The molecular formula is C16H16F2O. The first kappa shape index (κ1) is 13.7. The zero-order chi connectivity index (χ0) is 13.8. The molecule has 0 amide bonds. The molecule has 3 heteroatoms. The van der Waals surface area contributed by atoms with Crippen LogP contribution in [0.5, 0.6) is 0 Å². The summed E-state index contributed by atoms with van der Waals surface area (Å²) in [7, 11) is 0. The van der Waals surface area contributed by atoms with Gasteiger partial charge >= 0.3 is 0 Å². The molecule has 2 aromatic rings. The summed E-state index contributed by atoms with van der Waals surface area (Å²) in [6.07, 6.45) is 0.301. The van der Waals surface area contributed by atoms with Crippen molar-refractivity contribution in [1.82, 2.24) is 0 Å². The molecule has 1 unspecified atom stereocenters. The molecule has 1 nitrogen and oxygen atoms in total. The Morgan fingerprint density at radius 2 is 1.63 bits per heavy atom. The van der Waals surface area contributed by atoms with Crippen LogP contribution in [-0.2, 0) is 12.8 Å². The van der Waals surface area contributed by atoms with Crippen LogP contribution in [0.15, 0.2) is 42.5 Å². The van der Waals surface area contributed by atoms with E-state index in [-0.39, 0.29) is 5.56 Å². The second-order valence-electron chi connectivity index (χ2n) is 4.56. The third kappa shape index (κ3) is 3.38. The summed E-state index contributed by atoms with van der Waals surface area (Å²) in [6, 6.07) is 11.1. The number of benzene rings is 2. The van der Waals surface area contributed by atoms with Gasteiger partial charge in [-0.25, -0.2) is 8.78 Å². The molecule has 1 atom stereocenters. The van der Waals surface area contributed by atoms with Crippen LogP contribution in [0.3, 0.4) is 0 Å². The predicted molar refractivity (Wildman–Crippen MR) is 70.8 cm³/mol. The van der Waals surface area contributed by atoms with E-state index < -0.39 is 17.7 Å². The van der Waals surface area contributed by atoms with Crippen molar-refractivity contribution >= 4 is 0 Å². The van der Waals surface area contributed by atoms with E-state index in [1.807, 2.05) is 24.3 Å². The van der Waals surface area contributed by atoms with E-state index in [1.54, 1.807) is 0 Å². The maximum Gasteiger partial charge on any atom is 0.131 e. The molecule has 0 aliphatic heterocycles. The van der Waals surface area contributed by atoms with Crippen molar-refractivity contribution in [3.63, 3.8) is 0 Å². The quantitative estimate of drug-likeness (QED) is 0.888. The van der Waals surface area contributed by atoms with Crippen LogP contribution in [0.1, 0.15) is 29.7 Å². The molecule has 1 N–H and O–H groups in total. The first-order valence-corrected chi connectivity index (χ1v) is 6.31. The number of halogens is 2. The Hall–Kier alpha value is -1.74. The zero-order valence-corrected chi connectivity index (χ0v) is 10.7. The smallest absolute Gasteiger partial charge is 0.131 e. The average Bonchev–Trinajstić information content (AvgIpc) is 2.39. The lowest BCUT2D eigenvalue weighted by molar-refractivity contribution is 0.173. The second kappa shape index (κ2) is 5.93. The van der Waals surface area contributed by atoms with Crippen LogP contribution in [0.2, 0.25) is 0 Å². The second-order valence-corrected chi connectivity index (χ2v) is 4.56. The highest BCUT2D eigenvalue weighted by molar-refractivity contribution is 5.26. The van der Waals surface area contributed by atoms with Crippen LogP contribution in [0.25, 0.3) is 0 Å². The molecule has 0 saturated carbocycles. The summed E-state index contributed by atoms with van der Waals surface area (Å²) in [4.78, 5) is 0. The lowest BCUT2D eigenvalue weighted by atomic mass is 10.00. The van der Waals surface area contributed by atoms with Crippen LogP contribution in [-0.4, -0.2) is 5.11 Å². The summed E-state index contributed by atoms with van der Waals surface area (Å²) < 4.78 is 26.3. The van der Waals surface area contributed by atoms with Crippen molar-refractivity contribution < 1.29 is 13.9 Å². The van der Waals surface area contributed by atoms with Gasteiger partial charge in [-0.1, -0.05) is 37.3 Å². The Morgan fingerprint density at radius 3 is 2.21 bits per heavy atom. The highest BCUT2D eigenvalue weighted by Crippen LogP contribution is 2.22. The van der Waals surface area contributed by atoms with E-state index in [1.165, 1.54) is 11.6 Å². The Kier molecular flexibility index (Phi) is 4.27. The molecule has 19 heavy (non-hydrogen) atoms. The zero-order valence-electron chi connectivity index (χ0n) is 10.7. The fourth-order valence-electron chi connectivity index (χ4n) is 2.02. The van der Waals surface area contributed by atoms with E-state index in [9.17, 15) is 13.9 Å². The van der Waals surface area contributed by atoms with Crippen molar-refractivity contribution in [3.05, 3.63) is 70.8 Å². The molecule has 0 bridgehead atoms. The fourth-order valence-corrected chi connectivity index (χ4v) is 2.02. The van der Waals surface area contributed by atoms with E-state index in [4.69, 9.17) is 0 Å². The molecule has 0 saturated heterocycles. The third-order valence-corrected chi connectivity index (χ3v) is 3.18. The highest BCUT2D eigenvalue weighted by Gasteiger charge is 2.14. The van der Waals surface area contributed by atoms with Crippen LogP contribution < -0.4 is 0 Å². The molecule has 100 valence electrons. The summed E-state index contributed by atoms with van der Waals surface area (Å²) in [5.74, 6) is -1.35. The summed E-state index contributed by atoms with van der Waals surface area (Å²) >= 11 is 0. The predicted octanol–water partition coefficient (Wildman–Crippen LogP) is 3.80. The fraction of sp³-hybridized carbons (Fsp3) is 0.250. The van der Waals surface area contributed by atoms with Crippen LogP contribution >= 0.6 is 0 Å². The van der Waals surface area contributed by atoms with Gasteiger partial charge in [0.1, 0.15) is 11.6 Å². The number of hydrogen-bond donors (Lipinski definition) is 1. The summed E-state index contributed by atoms with van der Waals surface area (Å²) in [6.45, 7) is 2.07. The van der Waals surface area contributed by atoms with E-state index in [0.29, 0.717) is 6.42 Å². The van der Waals surface area contributed by atoms with Gasteiger partial charge in [0.25, 0.3) is 0 Å². The van der Waals surface area contributed by atoms with Gasteiger partial charge in [-0.05, 0) is 23.6 Å². The molecule has 0 spiro atoms. The molecule has 0 heterocycles. The molecule has 0 radical (unpaired) electrons. The molecule has 0 aromatic heterocycles. The monoisotopic (exact) mass is 262 g/mol. The Balaban J connectivity index is 2.13. The summed E-state index contributed by atoms with van der Waals surface area (Å²) in [5.41, 5.74) is 2.26. The first-order chi connectivity index (χ1) is 9.10. The minimum absolute atomic E-state index is 0.126. The Bertz CT molecular complexity index is 549. The number of aliphatic hydroxyl groups is 1. The topological polar surface area (TPSA) is 20.2 Å². The number of hydrogen-bond acceptors (Lipinski definition) is 1. The van der Waals surface area contributed by atoms with Crippen molar-refractivity contribution in [2.75, 3.05) is 0 Å². The largest absolute Gasteiger partial charge is 0.388 e. The normalized spacial score (nSPS) is 12.4. The van der Waals surface area contributed by atoms with Gasteiger partial charge in [-0.3, -0.25) is 0 Å². The van der Waals surface area contributed by atoms with E-state index >= 15 is 0 Å². The maximum atomic E-state index is 13.5. The van der Waals surface area contributed by atoms with Gasteiger partial charge in [-0.15, -0.1) is 0 Å². The van der Waals surface area contributed by atoms with E-state index in [2.05, 4.69) is 6.92 Å². The highest BCUT2D eigenvalue weighted by atomic mass is 19.1. The lowest BCUT2D eigenvalue weighted by Crippen LogP contribution is -2.04. The molecular weight excluding hydrogens is 246 g/mol. The van der Waals surface area contributed by atoms with Gasteiger partial charge in [0.15, 0.2) is 0 Å². The SMILES string of the molecule is CCc1ccc(CC(O)c2ccc(F)cc2F)cc1. The van der Waals surface area contributed by atoms with E-state index in [0.717, 1.165) is 24.1 Å². The average molecular weight is 262 g/mol. The molecule has 0 aliphatic rings. The van der Waals surface area contributed by atoms with Crippen LogP contribution in [0.4, 0.5) is 8.78 Å². The first-order valence-electron chi connectivity index (χ1n) is 6.31. The van der Waals surface area contributed by atoms with Crippen molar-refractivity contribution in [2.45, 2.75) is 25.9 Å². The Morgan fingerprint density at radius 1 is 1.00 bits per heavy atom. The van der Waals surface area contributed by atoms with Gasteiger partial charge in [0.05, 0.1) is 6.10 Å². The maximum absolute atomic E-state index is 13.5. The van der Waals surface area contributed by atoms with Crippen molar-refractivity contribution in [1.29, 1.82) is 0 Å².